The monoisotopic (exact) mass is 1400 g/mol. The maximum atomic E-state index is 4.28. The van der Waals surface area contributed by atoms with Crippen molar-refractivity contribution >= 4 is 128 Å². The van der Waals surface area contributed by atoms with E-state index in [0.717, 1.165) is 33.4 Å². The summed E-state index contributed by atoms with van der Waals surface area (Å²) in [5.41, 5.74) is 13.6. The summed E-state index contributed by atoms with van der Waals surface area (Å²) >= 11 is -9.03. The average Bonchev–Trinajstić information content (AvgIpc) is 3.28. The van der Waals surface area contributed by atoms with E-state index in [9.17, 15) is 0 Å². The minimum atomic E-state index is -3.01. The van der Waals surface area contributed by atoms with E-state index in [1.54, 1.807) is 0 Å². The van der Waals surface area contributed by atoms with E-state index < -0.39 is 65.3 Å². The molecule has 0 unspecified atom stereocenters. The Labute approximate surface area is 401 Å². The Morgan fingerprint density at radius 1 is 0.222 bits per heavy atom. The summed E-state index contributed by atoms with van der Waals surface area (Å²) in [5.74, 6) is 0. The number of allylic oxidation sites excluding steroid dienone is 6. The molecule has 63 heavy (non-hydrogen) atoms. The molecule has 0 spiro atoms. The zero-order valence-electron chi connectivity index (χ0n) is 37.7. The van der Waals surface area contributed by atoms with Crippen molar-refractivity contribution in [2.45, 2.75) is 41.5 Å². The molecular weight excluding hydrogens is 1350 g/mol. The second kappa shape index (κ2) is 20.6. The summed E-state index contributed by atoms with van der Waals surface area (Å²) in [5, 5.41) is 0. The van der Waals surface area contributed by atoms with Gasteiger partial charge in [0.15, 0.2) is 0 Å². The predicted molar refractivity (Wildman–Crippen MR) is 287 cm³/mol. The number of hydrogen-bond acceptors (Lipinski definition) is 0. The van der Waals surface area contributed by atoms with Gasteiger partial charge in [-0.15, -0.1) is 0 Å². The normalized spacial score (nSPS) is 11.2. The molecule has 0 aliphatic rings. The zero-order chi connectivity index (χ0) is 44.9. The van der Waals surface area contributed by atoms with Gasteiger partial charge in [0.1, 0.15) is 0 Å². The van der Waals surface area contributed by atoms with Crippen molar-refractivity contribution in [2.24, 2.45) is 0 Å². The van der Waals surface area contributed by atoms with Crippen molar-refractivity contribution in [1.82, 2.24) is 0 Å². The topological polar surface area (TPSA) is 0 Å². The Morgan fingerprint density at radius 2 is 0.349 bits per heavy atom. The fourth-order valence-corrected chi connectivity index (χ4v) is 39.9. The van der Waals surface area contributed by atoms with Crippen LogP contribution in [0.4, 0.5) is 0 Å². The van der Waals surface area contributed by atoms with Crippen molar-refractivity contribution in [3.63, 3.8) is 0 Å². The first-order valence-corrected chi connectivity index (χ1v) is 36.9. The molecule has 0 saturated heterocycles. The number of hydrogen-bond donors (Lipinski definition) is 0. The Hall–Kier alpha value is -4.37. The van der Waals surface area contributed by atoms with Gasteiger partial charge in [0.05, 0.1) is 0 Å². The molecule has 0 saturated carbocycles. The van der Waals surface area contributed by atoms with Crippen molar-refractivity contribution < 1.29 is 0 Å². The molecule has 312 valence electrons. The van der Waals surface area contributed by atoms with Crippen LogP contribution >= 0.6 is 0 Å². The quantitative estimate of drug-likeness (QED) is 0.0899. The summed E-state index contributed by atoms with van der Waals surface area (Å²) in [4.78, 5) is 0. The minimum absolute atomic E-state index is 1.08. The number of rotatable bonds is 15. The van der Waals surface area contributed by atoms with Crippen LogP contribution in [0.15, 0.2) is 203 Å². The third kappa shape index (κ3) is 10.9. The van der Waals surface area contributed by atoms with Crippen LogP contribution in [0.3, 0.4) is 0 Å². The van der Waals surface area contributed by atoms with Crippen molar-refractivity contribution in [3.8, 4) is 0 Å². The molecule has 0 heterocycles. The summed E-state index contributed by atoms with van der Waals surface area (Å²) in [6.45, 7) is 38.3. The summed E-state index contributed by atoms with van der Waals surface area (Å²) < 4.78 is 13.4. The molecule has 0 amide bonds. The van der Waals surface area contributed by atoms with Crippen LogP contribution in [0.5, 0.6) is 0 Å². The molecule has 0 aliphatic carbocycles. The third-order valence-corrected chi connectivity index (χ3v) is 39.4. The molecule has 0 atom stereocenters. The van der Waals surface area contributed by atoms with Crippen molar-refractivity contribution in [1.29, 1.82) is 0 Å². The molecule has 7 rings (SSSR count). The van der Waals surface area contributed by atoms with Crippen molar-refractivity contribution in [2.75, 3.05) is 0 Å². The van der Waals surface area contributed by atoms with Crippen molar-refractivity contribution in [3.05, 3.63) is 237 Å². The fourth-order valence-electron chi connectivity index (χ4n) is 7.68. The van der Waals surface area contributed by atoms with E-state index >= 15 is 0 Å². The van der Waals surface area contributed by atoms with E-state index in [2.05, 4.69) is 245 Å². The van der Waals surface area contributed by atoms with Crippen LogP contribution in [-0.2, 0) is 0 Å². The van der Waals surface area contributed by atoms with Crippen LogP contribution in [0, 0.1) is 0 Å². The van der Waals surface area contributed by atoms with E-state index in [0.29, 0.717) is 0 Å². The summed E-state index contributed by atoms with van der Waals surface area (Å²) in [6, 6.07) is 64.3. The van der Waals surface area contributed by atoms with E-state index in [-0.39, 0.29) is 0 Å². The Bertz CT molecular complexity index is 2340. The van der Waals surface area contributed by atoms with Crippen LogP contribution in [0.25, 0.3) is 33.4 Å². The van der Waals surface area contributed by atoms with Crippen LogP contribution in [-0.4, -0.2) is 65.3 Å². The maximum absolute atomic E-state index is 4.28. The first kappa shape index (κ1) is 46.6. The van der Waals surface area contributed by atoms with E-state index in [1.807, 2.05) is 0 Å². The van der Waals surface area contributed by atoms with E-state index in [1.165, 1.54) is 62.8 Å². The molecule has 7 aromatic rings. The van der Waals surface area contributed by atoms with E-state index in [4.69, 9.17) is 0 Å². The Kier molecular flexibility index (Phi) is 15.3. The Morgan fingerprint density at radius 3 is 0.460 bits per heavy atom. The molecule has 3 heteroatoms. The first-order valence-electron chi connectivity index (χ1n) is 21.3. The van der Waals surface area contributed by atoms with Gasteiger partial charge in [0, 0.05) is 0 Å². The van der Waals surface area contributed by atoms with Gasteiger partial charge in [-0.05, 0) is 0 Å². The molecular formula is C60H57Bi3. The molecule has 0 aliphatic heterocycles. The van der Waals surface area contributed by atoms with Crippen LogP contribution in [0.1, 0.15) is 74.9 Å². The van der Waals surface area contributed by atoms with Gasteiger partial charge in [0.25, 0.3) is 0 Å². The third-order valence-electron chi connectivity index (χ3n) is 11.4. The predicted octanol–water partition coefficient (Wildman–Crippen LogP) is 9.43. The number of benzene rings is 7. The molecule has 0 aromatic heterocycles. The van der Waals surface area contributed by atoms with Gasteiger partial charge in [-0.25, -0.2) is 0 Å². The first-order chi connectivity index (χ1) is 30.2. The Balaban J connectivity index is 1.56. The molecule has 7 aromatic carbocycles. The van der Waals surface area contributed by atoms with Gasteiger partial charge in [0.2, 0.25) is 0 Å². The molecule has 0 fully saturated rings. The second-order valence-corrected chi connectivity index (χ2v) is 42.6. The van der Waals surface area contributed by atoms with Gasteiger partial charge in [-0.1, -0.05) is 0 Å². The fraction of sp³-hybridized carbons (Fsp3) is 0.100. The zero-order valence-corrected chi connectivity index (χ0v) is 48.1. The van der Waals surface area contributed by atoms with Gasteiger partial charge in [-0.3, -0.25) is 0 Å². The second-order valence-electron chi connectivity index (χ2n) is 16.7. The average molecular weight is 1410 g/mol. The van der Waals surface area contributed by atoms with Crippen LogP contribution < -0.4 is 29.4 Å². The molecule has 0 radical (unpaired) electrons. The summed E-state index contributed by atoms with van der Waals surface area (Å²) in [6.07, 6.45) is 0. The standard InChI is InChI=1S/6C9H9.C6H3.3Bi/c6*1-8(2)9-6-4-3-5-7-9;1-2-4-6-5-3-1;;;/h6*4-7H,1H2,2H3;1,4-5H;;;. The van der Waals surface area contributed by atoms with Crippen LogP contribution in [0.2, 0.25) is 0 Å². The summed E-state index contributed by atoms with van der Waals surface area (Å²) in [7, 11) is 0. The SMILES string of the molecule is C=C(C)c1cc[c]([Bi]([c]2ccc(C(=C)C)cc2)[c]2c[c]([Bi]([c]3ccc(C(=C)C)cc3)[c]3ccc(C(=C)C)cc3)c[c]([Bi]([c]3ccc(C(=C)C)cc3)[c]3ccc(C(=C)C)cc3)c2)cc1. The van der Waals surface area contributed by atoms with Gasteiger partial charge in [-0.2, -0.15) is 0 Å². The molecule has 0 bridgehead atoms. The van der Waals surface area contributed by atoms with Gasteiger partial charge < -0.3 is 0 Å². The molecule has 0 nitrogen and oxygen atoms in total. The van der Waals surface area contributed by atoms with Gasteiger partial charge >= 0.3 is 406 Å². The molecule has 0 N–H and O–H groups in total.